The van der Waals surface area contributed by atoms with Crippen molar-refractivity contribution in [2.45, 2.75) is 6.04 Å². The Morgan fingerprint density at radius 1 is 1.35 bits per heavy atom. The third kappa shape index (κ3) is 3.23. The molecule has 0 radical (unpaired) electrons. The smallest absolute Gasteiger partial charge is 0.327 e. The van der Waals surface area contributed by atoms with Crippen molar-refractivity contribution in [2.75, 3.05) is 40.4 Å². The van der Waals surface area contributed by atoms with Crippen molar-refractivity contribution in [1.29, 1.82) is 0 Å². The van der Waals surface area contributed by atoms with Crippen molar-refractivity contribution in [2.24, 2.45) is 0 Å². The van der Waals surface area contributed by atoms with Crippen molar-refractivity contribution in [3.05, 3.63) is 28.8 Å². The van der Waals surface area contributed by atoms with E-state index in [1.165, 1.54) is 7.11 Å². The fourth-order valence-corrected chi connectivity index (χ4v) is 2.67. The number of esters is 1. The molecule has 1 N–H and O–H groups in total. The second-order valence-corrected chi connectivity index (χ2v) is 5.01. The van der Waals surface area contributed by atoms with E-state index in [1.54, 1.807) is 19.2 Å². The van der Waals surface area contributed by atoms with E-state index in [9.17, 15) is 4.79 Å². The van der Waals surface area contributed by atoms with Gasteiger partial charge in [0.25, 0.3) is 0 Å². The molecular weight excluding hydrogens is 280 g/mol. The molecule has 1 atom stereocenters. The number of carbonyl (C=O) groups is 1. The zero-order valence-electron chi connectivity index (χ0n) is 11.7. The van der Waals surface area contributed by atoms with Crippen LogP contribution in [0.1, 0.15) is 11.6 Å². The van der Waals surface area contributed by atoms with Crippen molar-refractivity contribution >= 4 is 17.6 Å². The van der Waals surface area contributed by atoms with Gasteiger partial charge in [-0.25, -0.2) is 4.79 Å². The van der Waals surface area contributed by atoms with E-state index in [-0.39, 0.29) is 5.97 Å². The second-order valence-electron chi connectivity index (χ2n) is 4.61. The molecule has 0 aromatic heterocycles. The monoisotopic (exact) mass is 298 g/mol. The molecule has 0 bridgehead atoms. The second kappa shape index (κ2) is 6.92. The van der Waals surface area contributed by atoms with Crippen LogP contribution < -0.4 is 10.1 Å². The van der Waals surface area contributed by atoms with Crippen LogP contribution in [0.5, 0.6) is 5.75 Å². The Labute approximate surface area is 123 Å². The number of nitrogens with zero attached hydrogens (tertiary/aromatic N) is 1. The number of piperazine rings is 1. The van der Waals surface area contributed by atoms with Gasteiger partial charge in [0, 0.05) is 26.2 Å². The van der Waals surface area contributed by atoms with Gasteiger partial charge < -0.3 is 14.8 Å². The SMILES string of the molecule is COC(=O)C(c1ccc(OC)c(Cl)c1)N1CCNCC1. The van der Waals surface area contributed by atoms with Crippen molar-refractivity contribution in [3.8, 4) is 5.75 Å². The Bertz CT molecular complexity index is 475. The topological polar surface area (TPSA) is 50.8 Å². The van der Waals surface area contributed by atoms with Gasteiger partial charge in [0.05, 0.1) is 19.2 Å². The van der Waals surface area contributed by atoms with Crippen LogP contribution in [-0.4, -0.2) is 51.3 Å². The normalized spacial score (nSPS) is 17.6. The van der Waals surface area contributed by atoms with Crippen LogP contribution in [0.25, 0.3) is 0 Å². The third-order valence-electron chi connectivity index (χ3n) is 3.43. The van der Waals surface area contributed by atoms with Gasteiger partial charge in [-0.05, 0) is 17.7 Å². The van der Waals surface area contributed by atoms with E-state index in [0.717, 1.165) is 31.7 Å². The summed E-state index contributed by atoms with van der Waals surface area (Å²) in [4.78, 5) is 14.2. The largest absolute Gasteiger partial charge is 0.495 e. The number of methoxy groups -OCH3 is 2. The summed E-state index contributed by atoms with van der Waals surface area (Å²) in [7, 11) is 2.97. The van der Waals surface area contributed by atoms with Crippen LogP contribution in [0.15, 0.2) is 18.2 Å². The average molecular weight is 299 g/mol. The molecule has 1 aliphatic rings. The molecule has 0 amide bonds. The lowest BCUT2D eigenvalue weighted by Crippen LogP contribution is -2.47. The first kappa shape index (κ1) is 15.1. The fraction of sp³-hybridized carbons (Fsp3) is 0.500. The Hall–Kier alpha value is -1.30. The molecule has 110 valence electrons. The molecule has 1 heterocycles. The summed E-state index contributed by atoms with van der Waals surface area (Å²) >= 11 is 6.15. The highest BCUT2D eigenvalue weighted by Crippen LogP contribution is 2.30. The first-order chi connectivity index (χ1) is 9.67. The van der Waals surface area contributed by atoms with Crippen molar-refractivity contribution in [3.63, 3.8) is 0 Å². The van der Waals surface area contributed by atoms with Crippen molar-refractivity contribution in [1.82, 2.24) is 10.2 Å². The molecule has 0 aliphatic carbocycles. The number of halogens is 1. The molecule has 2 rings (SSSR count). The Balaban J connectivity index is 2.30. The quantitative estimate of drug-likeness (QED) is 0.853. The molecule has 1 aromatic rings. The maximum atomic E-state index is 12.1. The molecule has 1 aromatic carbocycles. The van der Waals surface area contributed by atoms with Gasteiger partial charge in [-0.3, -0.25) is 4.90 Å². The van der Waals surface area contributed by atoms with Crippen LogP contribution in [0, 0.1) is 0 Å². The minimum Gasteiger partial charge on any atom is -0.495 e. The number of hydrogen-bond donors (Lipinski definition) is 1. The predicted octanol–water partition coefficient (Wildman–Crippen LogP) is 1.47. The van der Waals surface area contributed by atoms with Crippen LogP contribution in [0.4, 0.5) is 0 Å². The lowest BCUT2D eigenvalue weighted by molar-refractivity contribution is -0.147. The lowest BCUT2D eigenvalue weighted by atomic mass is 10.0. The van der Waals surface area contributed by atoms with E-state index in [1.807, 2.05) is 6.07 Å². The summed E-state index contributed by atoms with van der Waals surface area (Å²) in [5.74, 6) is 0.326. The van der Waals surface area contributed by atoms with Gasteiger partial charge in [0.15, 0.2) is 0 Å². The van der Waals surface area contributed by atoms with E-state index < -0.39 is 6.04 Å². The van der Waals surface area contributed by atoms with E-state index >= 15 is 0 Å². The number of ether oxygens (including phenoxy) is 2. The average Bonchev–Trinajstić information content (AvgIpc) is 2.48. The molecule has 1 saturated heterocycles. The van der Waals surface area contributed by atoms with Gasteiger partial charge in [-0.15, -0.1) is 0 Å². The maximum Gasteiger partial charge on any atom is 0.327 e. The first-order valence-electron chi connectivity index (χ1n) is 6.53. The number of benzene rings is 1. The number of hydrogen-bond acceptors (Lipinski definition) is 5. The highest BCUT2D eigenvalue weighted by molar-refractivity contribution is 6.32. The van der Waals surface area contributed by atoms with Gasteiger partial charge in [0.2, 0.25) is 0 Å². The minimum atomic E-state index is -0.425. The lowest BCUT2D eigenvalue weighted by Gasteiger charge is -2.33. The molecule has 1 aliphatic heterocycles. The van der Waals surface area contributed by atoms with Crippen LogP contribution in [0.3, 0.4) is 0 Å². The predicted molar refractivity (Wildman–Crippen MR) is 77.2 cm³/mol. The Morgan fingerprint density at radius 3 is 2.60 bits per heavy atom. The van der Waals surface area contributed by atoms with E-state index in [0.29, 0.717) is 10.8 Å². The first-order valence-corrected chi connectivity index (χ1v) is 6.91. The standard InChI is InChI=1S/C14H19ClN2O3/c1-19-12-4-3-10(9-11(12)15)13(14(18)20-2)17-7-5-16-6-8-17/h3-4,9,13,16H,5-8H2,1-2H3. The molecule has 6 heteroatoms. The Kier molecular flexibility index (Phi) is 5.23. The van der Waals surface area contributed by atoms with Gasteiger partial charge in [-0.2, -0.15) is 0 Å². The van der Waals surface area contributed by atoms with Gasteiger partial charge >= 0.3 is 5.97 Å². The number of rotatable bonds is 4. The molecular formula is C14H19ClN2O3. The minimum absolute atomic E-state index is 0.270. The van der Waals surface area contributed by atoms with Gasteiger partial charge in [0.1, 0.15) is 11.8 Å². The van der Waals surface area contributed by atoms with E-state index in [4.69, 9.17) is 21.1 Å². The molecule has 0 saturated carbocycles. The number of carbonyl (C=O) groups excluding carboxylic acids is 1. The summed E-state index contributed by atoms with van der Waals surface area (Å²) in [6.07, 6.45) is 0. The molecule has 1 fully saturated rings. The van der Waals surface area contributed by atoms with E-state index in [2.05, 4.69) is 10.2 Å². The van der Waals surface area contributed by atoms with Crippen LogP contribution in [-0.2, 0) is 9.53 Å². The summed E-state index contributed by atoms with van der Waals surface area (Å²) in [6.45, 7) is 3.31. The van der Waals surface area contributed by atoms with Crippen LogP contribution in [0.2, 0.25) is 5.02 Å². The third-order valence-corrected chi connectivity index (χ3v) is 3.73. The van der Waals surface area contributed by atoms with Crippen molar-refractivity contribution < 1.29 is 14.3 Å². The summed E-state index contributed by atoms with van der Waals surface area (Å²) < 4.78 is 10.1. The summed E-state index contributed by atoms with van der Waals surface area (Å²) in [5, 5.41) is 3.76. The fourth-order valence-electron chi connectivity index (χ4n) is 2.40. The zero-order chi connectivity index (χ0) is 14.5. The zero-order valence-corrected chi connectivity index (χ0v) is 12.4. The molecule has 20 heavy (non-hydrogen) atoms. The highest BCUT2D eigenvalue weighted by Gasteiger charge is 2.29. The highest BCUT2D eigenvalue weighted by atomic mass is 35.5. The van der Waals surface area contributed by atoms with Gasteiger partial charge in [-0.1, -0.05) is 17.7 Å². The molecule has 5 nitrogen and oxygen atoms in total. The van der Waals surface area contributed by atoms with Crippen LogP contribution >= 0.6 is 11.6 Å². The molecule has 0 spiro atoms. The maximum absolute atomic E-state index is 12.1. The summed E-state index contributed by atoms with van der Waals surface area (Å²) in [6, 6.07) is 4.97. The number of nitrogens with one attached hydrogen (secondary N) is 1. The summed E-state index contributed by atoms with van der Waals surface area (Å²) in [5.41, 5.74) is 0.824. The molecule has 1 unspecified atom stereocenters. The Morgan fingerprint density at radius 2 is 2.05 bits per heavy atom.